The van der Waals surface area contributed by atoms with Crippen LogP contribution in [-0.2, 0) is 24.3 Å². The normalized spacial score (nSPS) is 15.7. The third kappa shape index (κ3) is 4.43. The number of aliphatic hydroxyl groups is 1. The van der Waals surface area contributed by atoms with Gasteiger partial charge in [-0.05, 0) is 24.7 Å². The zero-order chi connectivity index (χ0) is 17.8. The number of aromatic nitrogens is 3. The SMILES string of the molecule is CCSc1nc(CC(=O)N2CCCn3nc(C(O)CC)cc3C2)cs1. The summed E-state index contributed by atoms with van der Waals surface area (Å²) in [6, 6.07) is 1.93. The van der Waals surface area contributed by atoms with Crippen LogP contribution in [-0.4, -0.2) is 43.0 Å². The molecule has 1 N–H and O–H groups in total. The lowest BCUT2D eigenvalue weighted by molar-refractivity contribution is -0.131. The first kappa shape index (κ1) is 18.4. The number of aliphatic hydroxyl groups excluding tert-OH is 1. The van der Waals surface area contributed by atoms with E-state index in [1.807, 2.05) is 28.0 Å². The average Bonchev–Trinajstić information content (AvgIpc) is 3.16. The van der Waals surface area contributed by atoms with E-state index in [1.54, 1.807) is 23.1 Å². The van der Waals surface area contributed by atoms with Crippen molar-refractivity contribution in [1.29, 1.82) is 0 Å². The van der Waals surface area contributed by atoms with Crippen molar-refractivity contribution in [3.63, 3.8) is 0 Å². The number of hydrogen-bond donors (Lipinski definition) is 1. The lowest BCUT2D eigenvalue weighted by Gasteiger charge is -2.19. The number of thioether (sulfide) groups is 1. The number of amides is 1. The molecule has 136 valence electrons. The quantitative estimate of drug-likeness (QED) is 0.780. The van der Waals surface area contributed by atoms with Crippen molar-refractivity contribution in [2.24, 2.45) is 0 Å². The lowest BCUT2D eigenvalue weighted by atomic mass is 10.2. The number of aryl methyl sites for hydroxylation is 1. The molecule has 1 unspecified atom stereocenters. The van der Waals surface area contributed by atoms with Gasteiger partial charge in [0.05, 0.1) is 36.2 Å². The monoisotopic (exact) mass is 380 g/mol. The highest BCUT2D eigenvalue weighted by Gasteiger charge is 2.22. The first-order valence-corrected chi connectivity index (χ1v) is 10.6. The smallest absolute Gasteiger partial charge is 0.228 e. The van der Waals surface area contributed by atoms with Gasteiger partial charge in [-0.1, -0.05) is 25.6 Å². The molecule has 0 aliphatic carbocycles. The van der Waals surface area contributed by atoms with Crippen molar-refractivity contribution in [2.75, 3.05) is 12.3 Å². The molecule has 2 aromatic rings. The Morgan fingerprint density at radius 1 is 1.44 bits per heavy atom. The fraction of sp³-hybridized carbons (Fsp3) is 0.588. The molecule has 1 aliphatic heterocycles. The molecular formula is C17H24N4O2S2. The Balaban J connectivity index is 1.67. The number of hydrogen-bond acceptors (Lipinski definition) is 6. The molecule has 1 atom stereocenters. The van der Waals surface area contributed by atoms with Crippen LogP contribution in [0.3, 0.4) is 0 Å². The van der Waals surface area contributed by atoms with E-state index in [-0.39, 0.29) is 5.91 Å². The van der Waals surface area contributed by atoms with E-state index in [9.17, 15) is 9.90 Å². The van der Waals surface area contributed by atoms with Crippen molar-refractivity contribution in [3.8, 4) is 0 Å². The molecule has 3 heterocycles. The van der Waals surface area contributed by atoms with Crippen LogP contribution in [0.25, 0.3) is 0 Å². The van der Waals surface area contributed by atoms with Gasteiger partial charge in [0, 0.05) is 18.5 Å². The van der Waals surface area contributed by atoms with Gasteiger partial charge in [-0.15, -0.1) is 11.3 Å². The fourth-order valence-corrected chi connectivity index (χ4v) is 4.64. The molecule has 0 saturated heterocycles. The van der Waals surface area contributed by atoms with Crippen LogP contribution in [0, 0.1) is 0 Å². The predicted molar refractivity (Wildman–Crippen MR) is 99.7 cm³/mol. The standard InChI is InChI=1S/C17H24N4O2S2/c1-3-15(22)14-9-13-10-20(6-5-7-21(13)19-14)16(23)8-12-11-25-17(18-12)24-4-2/h9,11,15,22H,3-8,10H2,1-2H3. The van der Waals surface area contributed by atoms with E-state index in [0.717, 1.165) is 41.0 Å². The Morgan fingerprint density at radius 3 is 3.04 bits per heavy atom. The van der Waals surface area contributed by atoms with Gasteiger partial charge >= 0.3 is 0 Å². The summed E-state index contributed by atoms with van der Waals surface area (Å²) in [4.78, 5) is 19.1. The lowest BCUT2D eigenvalue weighted by Crippen LogP contribution is -2.32. The Kier molecular flexibility index (Phi) is 6.14. The highest BCUT2D eigenvalue weighted by molar-refractivity contribution is 8.00. The minimum atomic E-state index is -0.534. The van der Waals surface area contributed by atoms with Crippen LogP contribution in [0.2, 0.25) is 0 Å². The summed E-state index contributed by atoms with van der Waals surface area (Å²) in [6.45, 7) is 6.09. The molecule has 0 saturated carbocycles. The van der Waals surface area contributed by atoms with Gasteiger partial charge in [0.25, 0.3) is 0 Å². The number of carbonyl (C=O) groups excluding carboxylic acids is 1. The minimum absolute atomic E-state index is 0.102. The van der Waals surface area contributed by atoms with Gasteiger partial charge in [0.1, 0.15) is 4.34 Å². The third-order valence-corrected chi connectivity index (χ3v) is 6.20. The van der Waals surface area contributed by atoms with Crippen molar-refractivity contribution in [1.82, 2.24) is 19.7 Å². The first-order chi connectivity index (χ1) is 12.1. The average molecular weight is 381 g/mol. The number of nitrogens with zero attached hydrogens (tertiary/aromatic N) is 4. The maximum absolute atomic E-state index is 12.7. The summed E-state index contributed by atoms with van der Waals surface area (Å²) in [5, 5.41) is 16.5. The number of thiazole rings is 1. The molecule has 25 heavy (non-hydrogen) atoms. The molecule has 0 fully saturated rings. The maximum Gasteiger partial charge on any atom is 0.228 e. The molecule has 0 spiro atoms. The first-order valence-electron chi connectivity index (χ1n) is 8.70. The Labute approximate surface area is 156 Å². The number of carbonyl (C=O) groups is 1. The Bertz CT molecular complexity index is 728. The minimum Gasteiger partial charge on any atom is -0.387 e. The molecule has 2 aromatic heterocycles. The second-order valence-electron chi connectivity index (χ2n) is 6.09. The molecule has 1 aliphatic rings. The van der Waals surface area contributed by atoms with Gasteiger partial charge in [-0.2, -0.15) is 5.10 Å². The Morgan fingerprint density at radius 2 is 2.28 bits per heavy atom. The fourth-order valence-electron chi connectivity index (χ4n) is 2.90. The van der Waals surface area contributed by atoms with E-state index in [2.05, 4.69) is 17.0 Å². The summed E-state index contributed by atoms with van der Waals surface area (Å²) in [5.41, 5.74) is 2.55. The summed E-state index contributed by atoms with van der Waals surface area (Å²) in [6.07, 6.45) is 1.32. The molecule has 1 amide bonds. The Hall–Kier alpha value is -1.38. The van der Waals surface area contributed by atoms with Gasteiger partial charge in [-0.25, -0.2) is 4.98 Å². The number of fused-ring (bicyclic) bond motifs is 1. The van der Waals surface area contributed by atoms with Gasteiger partial charge in [0.2, 0.25) is 5.91 Å². The van der Waals surface area contributed by atoms with Crippen molar-refractivity contribution in [2.45, 2.75) is 56.6 Å². The molecule has 3 rings (SSSR count). The summed E-state index contributed by atoms with van der Waals surface area (Å²) >= 11 is 3.31. The van der Waals surface area contributed by atoms with Crippen LogP contribution in [0.5, 0.6) is 0 Å². The second kappa shape index (κ2) is 8.33. The topological polar surface area (TPSA) is 71.2 Å². The largest absolute Gasteiger partial charge is 0.387 e. The zero-order valence-electron chi connectivity index (χ0n) is 14.6. The van der Waals surface area contributed by atoms with Gasteiger partial charge in [-0.3, -0.25) is 9.48 Å². The highest BCUT2D eigenvalue weighted by atomic mass is 32.2. The molecule has 8 heteroatoms. The highest BCUT2D eigenvalue weighted by Crippen LogP contribution is 2.23. The van der Waals surface area contributed by atoms with Gasteiger partial charge in [0.15, 0.2) is 0 Å². The van der Waals surface area contributed by atoms with Crippen molar-refractivity contribution in [3.05, 3.63) is 28.5 Å². The van der Waals surface area contributed by atoms with E-state index < -0.39 is 6.10 Å². The van der Waals surface area contributed by atoms with Crippen LogP contribution < -0.4 is 0 Å². The maximum atomic E-state index is 12.7. The third-order valence-electron chi connectivity index (χ3n) is 4.24. The van der Waals surface area contributed by atoms with Crippen molar-refractivity contribution >= 4 is 29.0 Å². The summed E-state index contributed by atoms with van der Waals surface area (Å²) in [5.74, 6) is 1.09. The summed E-state index contributed by atoms with van der Waals surface area (Å²) < 4.78 is 2.96. The molecule has 0 radical (unpaired) electrons. The van der Waals surface area contributed by atoms with E-state index in [0.29, 0.717) is 25.1 Å². The predicted octanol–water partition coefficient (Wildman–Crippen LogP) is 2.87. The molecule has 6 nitrogen and oxygen atoms in total. The summed E-state index contributed by atoms with van der Waals surface area (Å²) in [7, 11) is 0. The molecule has 0 bridgehead atoms. The van der Waals surface area contributed by atoms with Crippen LogP contribution in [0.4, 0.5) is 0 Å². The van der Waals surface area contributed by atoms with Crippen molar-refractivity contribution < 1.29 is 9.90 Å². The van der Waals surface area contributed by atoms with E-state index in [4.69, 9.17) is 0 Å². The van der Waals surface area contributed by atoms with E-state index in [1.165, 1.54) is 0 Å². The van der Waals surface area contributed by atoms with E-state index >= 15 is 0 Å². The molecular weight excluding hydrogens is 356 g/mol. The zero-order valence-corrected chi connectivity index (χ0v) is 16.3. The van der Waals surface area contributed by atoms with Crippen LogP contribution in [0.1, 0.15) is 49.9 Å². The van der Waals surface area contributed by atoms with Gasteiger partial charge < -0.3 is 10.0 Å². The van der Waals surface area contributed by atoms with Crippen LogP contribution in [0.15, 0.2) is 15.8 Å². The molecule has 0 aromatic carbocycles. The second-order valence-corrected chi connectivity index (χ2v) is 8.46. The van der Waals surface area contributed by atoms with Crippen LogP contribution >= 0.6 is 23.1 Å². The number of rotatable bonds is 6.